The summed E-state index contributed by atoms with van der Waals surface area (Å²) in [5.74, 6) is 0.649. The van der Waals surface area contributed by atoms with Gasteiger partial charge >= 0.3 is 0 Å². The van der Waals surface area contributed by atoms with E-state index in [0.29, 0.717) is 12.2 Å². The lowest BCUT2D eigenvalue weighted by Crippen LogP contribution is -2.48. The van der Waals surface area contributed by atoms with Gasteiger partial charge in [-0.15, -0.1) is 0 Å². The van der Waals surface area contributed by atoms with Gasteiger partial charge in [0.25, 0.3) is 5.69 Å². The van der Waals surface area contributed by atoms with Gasteiger partial charge in [0.1, 0.15) is 17.4 Å². The van der Waals surface area contributed by atoms with Gasteiger partial charge in [-0.25, -0.2) is 0 Å². The van der Waals surface area contributed by atoms with Gasteiger partial charge in [-0.3, -0.25) is 10.1 Å². The number of non-ortho nitro benzene ring substituents is 1. The third kappa shape index (κ3) is 3.31. The molecule has 1 fully saturated rings. The van der Waals surface area contributed by atoms with Crippen LogP contribution in [-0.4, -0.2) is 23.6 Å². The summed E-state index contributed by atoms with van der Waals surface area (Å²) >= 11 is 0. The molecule has 0 heterocycles. The Morgan fingerprint density at radius 1 is 1.57 bits per heavy atom. The molecular weight excluding hydrogens is 270 g/mol. The standard InChI is InChI=1S/C15H19N3O3/c1-11-8-12(18(19)20)5-6-14(11)21-13-4-3-7-15(9-13,10-16)17-2/h5-6,8,13,17H,3-4,7,9H2,1-2H3. The van der Waals surface area contributed by atoms with Crippen molar-refractivity contribution in [3.8, 4) is 11.8 Å². The lowest BCUT2D eigenvalue weighted by molar-refractivity contribution is -0.384. The fourth-order valence-electron chi connectivity index (χ4n) is 2.77. The number of nitrogens with one attached hydrogen (secondary N) is 1. The van der Waals surface area contributed by atoms with Crippen LogP contribution in [0.15, 0.2) is 18.2 Å². The average molecular weight is 289 g/mol. The monoisotopic (exact) mass is 289 g/mol. The molecule has 1 aromatic carbocycles. The van der Waals surface area contributed by atoms with Gasteiger partial charge in [0.15, 0.2) is 0 Å². The van der Waals surface area contributed by atoms with E-state index >= 15 is 0 Å². The van der Waals surface area contributed by atoms with E-state index in [0.717, 1.165) is 24.8 Å². The molecule has 6 heteroatoms. The maximum absolute atomic E-state index is 10.7. The Bertz CT molecular complexity index is 582. The van der Waals surface area contributed by atoms with Gasteiger partial charge in [-0.1, -0.05) is 0 Å². The Hall–Kier alpha value is -2.13. The fraction of sp³-hybridized carbons (Fsp3) is 0.533. The second-order valence-corrected chi connectivity index (χ2v) is 5.49. The molecule has 1 aromatic rings. The van der Waals surface area contributed by atoms with Crippen LogP contribution in [0, 0.1) is 28.4 Å². The highest BCUT2D eigenvalue weighted by atomic mass is 16.6. The predicted molar refractivity (Wildman–Crippen MR) is 78.1 cm³/mol. The summed E-state index contributed by atoms with van der Waals surface area (Å²) in [6.07, 6.45) is 3.20. The Kier molecular flexibility index (Phi) is 4.43. The summed E-state index contributed by atoms with van der Waals surface area (Å²) in [5.41, 5.74) is 0.268. The van der Waals surface area contributed by atoms with Crippen LogP contribution in [0.5, 0.6) is 5.75 Å². The zero-order chi connectivity index (χ0) is 15.5. The minimum absolute atomic E-state index is 0.0500. The number of nitro benzene ring substituents is 1. The van der Waals surface area contributed by atoms with Crippen molar-refractivity contribution >= 4 is 5.69 Å². The van der Waals surface area contributed by atoms with Gasteiger partial charge < -0.3 is 10.1 Å². The molecule has 0 aromatic heterocycles. The zero-order valence-corrected chi connectivity index (χ0v) is 12.3. The summed E-state index contributed by atoms with van der Waals surface area (Å²) in [6.45, 7) is 1.79. The van der Waals surface area contributed by atoms with Crippen molar-refractivity contribution in [2.75, 3.05) is 7.05 Å². The van der Waals surface area contributed by atoms with Crippen LogP contribution < -0.4 is 10.1 Å². The smallest absolute Gasteiger partial charge is 0.269 e. The van der Waals surface area contributed by atoms with Crippen LogP contribution in [0.2, 0.25) is 0 Å². The number of benzene rings is 1. The van der Waals surface area contributed by atoms with Gasteiger partial charge in [0, 0.05) is 18.6 Å². The first-order valence-corrected chi connectivity index (χ1v) is 7.01. The van der Waals surface area contributed by atoms with Crippen molar-refractivity contribution in [1.82, 2.24) is 5.32 Å². The largest absolute Gasteiger partial charge is 0.490 e. The van der Waals surface area contributed by atoms with Crippen molar-refractivity contribution < 1.29 is 9.66 Å². The molecule has 1 aliphatic carbocycles. The summed E-state index contributed by atoms with van der Waals surface area (Å²) in [7, 11) is 1.79. The normalized spacial score (nSPS) is 25.1. The van der Waals surface area contributed by atoms with E-state index in [-0.39, 0.29) is 11.8 Å². The first kappa shape index (κ1) is 15.3. The topological polar surface area (TPSA) is 88.2 Å². The van der Waals surface area contributed by atoms with E-state index in [2.05, 4.69) is 11.4 Å². The molecule has 2 unspecified atom stereocenters. The van der Waals surface area contributed by atoms with Crippen molar-refractivity contribution in [2.45, 2.75) is 44.2 Å². The van der Waals surface area contributed by atoms with Crippen LogP contribution in [-0.2, 0) is 0 Å². The van der Waals surface area contributed by atoms with Gasteiger partial charge in [0.05, 0.1) is 11.0 Å². The van der Waals surface area contributed by atoms with E-state index in [1.807, 2.05) is 0 Å². The Morgan fingerprint density at radius 3 is 2.90 bits per heavy atom. The summed E-state index contributed by atoms with van der Waals surface area (Å²) < 4.78 is 5.97. The fourth-order valence-corrected chi connectivity index (χ4v) is 2.77. The summed E-state index contributed by atoms with van der Waals surface area (Å²) in [6, 6.07) is 6.93. The molecule has 1 aliphatic rings. The molecule has 1 N–H and O–H groups in total. The van der Waals surface area contributed by atoms with Crippen LogP contribution in [0.25, 0.3) is 0 Å². The van der Waals surface area contributed by atoms with Gasteiger partial charge in [0.2, 0.25) is 0 Å². The SMILES string of the molecule is CNC1(C#N)CCCC(Oc2ccc([N+](=O)[O-])cc2C)C1. The quantitative estimate of drug-likeness (QED) is 0.680. The Morgan fingerprint density at radius 2 is 2.33 bits per heavy atom. The van der Waals surface area contributed by atoms with E-state index in [1.54, 1.807) is 20.0 Å². The maximum atomic E-state index is 10.7. The molecule has 112 valence electrons. The number of ether oxygens (including phenoxy) is 1. The highest BCUT2D eigenvalue weighted by Gasteiger charge is 2.36. The number of hydrogen-bond donors (Lipinski definition) is 1. The molecular formula is C15H19N3O3. The number of rotatable bonds is 4. The van der Waals surface area contributed by atoms with Gasteiger partial charge in [-0.2, -0.15) is 5.26 Å². The summed E-state index contributed by atoms with van der Waals surface area (Å²) in [4.78, 5) is 10.3. The second kappa shape index (κ2) is 6.10. The lowest BCUT2D eigenvalue weighted by atomic mass is 9.81. The van der Waals surface area contributed by atoms with E-state index < -0.39 is 10.5 Å². The van der Waals surface area contributed by atoms with Crippen LogP contribution in [0.1, 0.15) is 31.2 Å². The highest BCUT2D eigenvalue weighted by Crippen LogP contribution is 2.32. The molecule has 0 aliphatic heterocycles. The number of nitrogens with zero attached hydrogens (tertiary/aromatic N) is 2. The third-order valence-corrected chi connectivity index (χ3v) is 4.06. The van der Waals surface area contributed by atoms with Crippen LogP contribution in [0.3, 0.4) is 0 Å². The molecule has 1 saturated carbocycles. The van der Waals surface area contributed by atoms with Crippen molar-refractivity contribution in [3.05, 3.63) is 33.9 Å². The number of hydrogen-bond acceptors (Lipinski definition) is 5. The summed E-state index contributed by atoms with van der Waals surface area (Å²) in [5, 5.41) is 23.2. The zero-order valence-electron chi connectivity index (χ0n) is 12.3. The second-order valence-electron chi connectivity index (χ2n) is 5.49. The van der Waals surface area contributed by atoms with Crippen molar-refractivity contribution in [1.29, 1.82) is 5.26 Å². The molecule has 6 nitrogen and oxygen atoms in total. The minimum Gasteiger partial charge on any atom is -0.490 e. The number of aryl methyl sites for hydroxylation is 1. The van der Waals surface area contributed by atoms with Crippen molar-refractivity contribution in [2.24, 2.45) is 0 Å². The van der Waals surface area contributed by atoms with Crippen LogP contribution in [0.4, 0.5) is 5.69 Å². The number of nitro groups is 1. The Balaban J connectivity index is 2.12. The van der Waals surface area contributed by atoms with Crippen LogP contribution >= 0.6 is 0 Å². The van der Waals surface area contributed by atoms with Gasteiger partial charge in [-0.05, 0) is 44.9 Å². The minimum atomic E-state index is -0.530. The van der Waals surface area contributed by atoms with E-state index in [4.69, 9.17) is 4.74 Å². The maximum Gasteiger partial charge on any atom is 0.269 e. The van der Waals surface area contributed by atoms with Crippen molar-refractivity contribution in [3.63, 3.8) is 0 Å². The molecule has 0 radical (unpaired) electrons. The van der Waals surface area contributed by atoms with E-state index in [1.165, 1.54) is 12.1 Å². The Labute approximate surface area is 123 Å². The highest BCUT2D eigenvalue weighted by molar-refractivity contribution is 5.43. The molecule has 0 saturated heterocycles. The molecule has 2 atom stereocenters. The molecule has 0 bridgehead atoms. The molecule has 0 spiro atoms. The lowest BCUT2D eigenvalue weighted by Gasteiger charge is -2.35. The van der Waals surface area contributed by atoms with E-state index in [9.17, 15) is 15.4 Å². The molecule has 2 rings (SSSR count). The predicted octanol–water partition coefficient (Wildman–Crippen LogP) is 2.71. The third-order valence-electron chi connectivity index (χ3n) is 4.06. The molecule has 0 amide bonds. The average Bonchev–Trinajstić information content (AvgIpc) is 2.49. The first-order valence-electron chi connectivity index (χ1n) is 7.01. The first-order chi connectivity index (χ1) is 9.99. The number of nitriles is 1. The molecule has 21 heavy (non-hydrogen) atoms.